The van der Waals surface area contributed by atoms with Gasteiger partial charge in [0.2, 0.25) is 5.82 Å². The molecule has 0 aliphatic carbocycles. The van der Waals surface area contributed by atoms with Crippen LogP contribution in [0.1, 0.15) is 23.2 Å². The number of hydrogen-bond donors (Lipinski definition) is 1. The molecule has 1 N–H and O–H groups in total. The third-order valence-corrected chi connectivity index (χ3v) is 3.25. The van der Waals surface area contributed by atoms with Crippen molar-refractivity contribution in [1.29, 1.82) is 0 Å². The maximum Gasteiger partial charge on any atom is 0.305 e. The van der Waals surface area contributed by atoms with Gasteiger partial charge in [-0.15, -0.1) is 0 Å². The summed E-state index contributed by atoms with van der Waals surface area (Å²) in [5.41, 5.74) is -1.40. The highest BCUT2D eigenvalue weighted by Gasteiger charge is 2.30. The molecule has 112 valence electrons. The highest BCUT2D eigenvalue weighted by atomic mass is 19.1. The minimum atomic E-state index is -1.48. The van der Waals surface area contributed by atoms with Crippen molar-refractivity contribution in [2.45, 2.75) is 12.8 Å². The molecule has 1 aromatic rings. The molecule has 7 nitrogen and oxygen atoms in total. The maximum absolute atomic E-state index is 13.9. The molecular formula is C12H11F2N3O4. The number of nitro benzene ring substituents is 1. The highest BCUT2D eigenvalue weighted by Crippen LogP contribution is 2.25. The van der Waals surface area contributed by atoms with Gasteiger partial charge in [-0.25, -0.2) is 4.39 Å². The first-order valence-electron chi connectivity index (χ1n) is 6.07. The Kier molecular flexibility index (Phi) is 4.10. The van der Waals surface area contributed by atoms with E-state index in [-0.39, 0.29) is 25.9 Å². The van der Waals surface area contributed by atoms with Gasteiger partial charge in [0.1, 0.15) is 11.4 Å². The van der Waals surface area contributed by atoms with E-state index in [4.69, 9.17) is 5.21 Å². The van der Waals surface area contributed by atoms with Gasteiger partial charge < -0.3 is 10.1 Å². The van der Waals surface area contributed by atoms with Crippen LogP contribution in [-0.2, 0) is 0 Å². The topological polar surface area (TPSA) is 96.0 Å². The molecule has 1 fully saturated rings. The lowest BCUT2D eigenvalue weighted by Gasteiger charge is -2.27. The van der Waals surface area contributed by atoms with Gasteiger partial charge in [0.05, 0.1) is 10.6 Å². The van der Waals surface area contributed by atoms with Gasteiger partial charge in [-0.1, -0.05) is 5.16 Å². The summed E-state index contributed by atoms with van der Waals surface area (Å²) in [5.74, 6) is -3.58. The van der Waals surface area contributed by atoms with Crippen LogP contribution in [0.5, 0.6) is 0 Å². The molecule has 9 heteroatoms. The van der Waals surface area contributed by atoms with E-state index >= 15 is 0 Å². The van der Waals surface area contributed by atoms with Crippen molar-refractivity contribution in [3.63, 3.8) is 0 Å². The summed E-state index contributed by atoms with van der Waals surface area (Å²) in [6, 6.07) is 1.37. The number of carbonyl (C=O) groups is 1. The lowest BCUT2D eigenvalue weighted by molar-refractivity contribution is -0.387. The number of halogens is 2. The van der Waals surface area contributed by atoms with E-state index in [0.717, 1.165) is 0 Å². The smallest absolute Gasteiger partial charge is 0.305 e. The molecule has 2 rings (SSSR count). The number of nitro groups is 1. The second kappa shape index (κ2) is 5.81. The average molecular weight is 299 g/mol. The van der Waals surface area contributed by atoms with Crippen LogP contribution >= 0.6 is 0 Å². The predicted octanol–water partition coefficient (Wildman–Crippen LogP) is 1.94. The number of oxime groups is 1. The van der Waals surface area contributed by atoms with Crippen LogP contribution < -0.4 is 0 Å². The van der Waals surface area contributed by atoms with Crippen LogP contribution in [0.3, 0.4) is 0 Å². The van der Waals surface area contributed by atoms with Crippen molar-refractivity contribution in [2.75, 3.05) is 13.1 Å². The Hall–Kier alpha value is -2.58. The monoisotopic (exact) mass is 299 g/mol. The van der Waals surface area contributed by atoms with Crippen LogP contribution in [0.2, 0.25) is 0 Å². The number of amides is 1. The van der Waals surface area contributed by atoms with Crippen molar-refractivity contribution in [2.24, 2.45) is 5.16 Å². The summed E-state index contributed by atoms with van der Waals surface area (Å²) in [5, 5.41) is 22.3. The second-order valence-electron chi connectivity index (χ2n) is 4.47. The fraction of sp³-hybridized carbons (Fsp3) is 0.333. The van der Waals surface area contributed by atoms with E-state index in [1.807, 2.05) is 0 Å². The van der Waals surface area contributed by atoms with Gasteiger partial charge in [0.15, 0.2) is 0 Å². The third-order valence-electron chi connectivity index (χ3n) is 3.25. The number of nitrogens with zero attached hydrogens (tertiary/aromatic N) is 3. The minimum absolute atomic E-state index is 0.125. The normalized spacial score (nSPS) is 15.0. The molecule has 0 unspecified atom stereocenters. The lowest BCUT2D eigenvalue weighted by atomic mass is 10.1. The molecule has 1 heterocycles. The summed E-state index contributed by atoms with van der Waals surface area (Å²) in [6.45, 7) is 0.250. The Labute approximate surface area is 117 Å². The predicted molar refractivity (Wildman–Crippen MR) is 67.4 cm³/mol. The molecule has 0 saturated carbocycles. The highest BCUT2D eigenvalue weighted by molar-refractivity contribution is 5.97. The van der Waals surface area contributed by atoms with Crippen molar-refractivity contribution in [1.82, 2.24) is 4.90 Å². The number of piperidine rings is 1. The Morgan fingerprint density at radius 3 is 2.48 bits per heavy atom. The number of likely N-dealkylation sites (tertiary alicyclic amines) is 1. The molecule has 0 radical (unpaired) electrons. The summed E-state index contributed by atoms with van der Waals surface area (Å²) >= 11 is 0. The lowest BCUT2D eigenvalue weighted by Crippen LogP contribution is -2.39. The first kappa shape index (κ1) is 14.8. The molecule has 21 heavy (non-hydrogen) atoms. The van der Waals surface area contributed by atoms with Gasteiger partial charge in [-0.2, -0.15) is 4.39 Å². The molecule has 0 atom stereocenters. The van der Waals surface area contributed by atoms with E-state index in [9.17, 15) is 23.7 Å². The molecule has 1 aliphatic rings. The number of hydrogen-bond acceptors (Lipinski definition) is 5. The summed E-state index contributed by atoms with van der Waals surface area (Å²) in [6.07, 6.45) is 0.556. The summed E-state index contributed by atoms with van der Waals surface area (Å²) in [7, 11) is 0. The van der Waals surface area contributed by atoms with Crippen LogP contribution in [0.4, 0.5) is 14.5 Å². The van der Waals surface area contributed by atoms with E-state index < -0.39 is 33.7 Å². The van der Waals surface area contributed by atoms with E-state index in [1.165, 1.54) is 4.90 Å². The van der Waals surface area contributed by atoms with Crippen LogP contribution in [0.25, 0.3) is 0 Å². The van der Waals surface area contributed by atoms with Crippen LogP contribution in [0, 0.1) is 21.7 Å². The molecule has 1 aliphatic heterocycles. The summed E-state index contributed by atoms with van der Waals surface area (Å²) < 4.78 is 27.6. The first-order valence-corrected chi connectivity index (χ1v) is 6.07. The van der Waals surface area contributed by atoms with Gasteiger partial charge in [0, 0.05) is 32.0 Å². The zero-order valence-electron chi connectivity index (χ0n) is 10.8. The zero-order chi connectivity index (χ0) is 15.6. The fourth-order valence-electron chi connectivity index (χ4n) is 2.10. The third kappa shape index (κ3) is 2.81. The Morgan fingerprint density at radius 1 is 1.33 bits per heavy atom. The van der Waals surface area contributed by atoms with Crippen molar-refractivity contribution < 1.29 is 23.7 Å². The van der Waals surface area contributed by atoms with Gasteiger partial charge in [-0.05, 0) is 6.07 Å². The Balaban J connectivity index is 2.31. The van der Waals surface area contributed by atoms with Gasteiger partial charge in [0.25, 0.3) is 5.91 Å². The van der Waals surface area contributed by atoms with Gasteiger partial charge in [-0.3, -0.25) is 14.9 Å². The minimum Gasteiger partial charge on any atom is -0.411 e. The van der Waals surface area contributed by atoms with Gasteiger partial charge >= 0.3 is 5.69 Å². The van der Waals surface area contributed by atoms with Crippen molar-refractivity contribution in [3.8, 4) is 0 Å². The number of carbonyl (C=O) groups excluding carboxylic acids is 1. The quantitative estimate of drug-likeness (QED) is 0.512. The zero-order valence-corrected chi connectivity index (χ0v) is 10.8. The Bertz CT molecular complexity index is 623. The first-order chi connectivity index (χ1) is 9.95. The molecule has 0 bridgehead atoms. The molecule has 0 aromatic heterocycles. The number of rotatable bonds is 2. The van der Waals surface area contributed by atoms with Crippen LogP contribution in [0.15, 0.2) is 17.3 Å². The van der Waals surface area contributed by atoms with E-state index in [1.54, 1.807) is 0 Å². The van der Waals surface area contributed by atoms with E-state index in [0.29, 0.717) is 17.8 Å². The molecule has 0 spiro atoms. The van der Waals surface area contributed by atoms with Crippen LogP contribution in [-0.4, -0.2) is 39.7 Å². The fourth-order valence-corrected chi connectivity index (χ4v) is 2.10. The maximum atomic E-state index is 13.9. The Morgan fingerprint density at radius 2 is 1.95 bits per heavy atom. The standard InChI is InChI=1S/C12H11F2N3O4/c13-8-1-2-9(17(20)21)11(14)10(8)12(18)16-5-3-7(15-19)4-6-16/h1-2,19H,3-6H2. The molecule has 1 saturated heterocycles. The number of benzene rings is 1. The molecule has 1 amide bonds. The van der Waals surface area contributed by atoms with Crippen molar-refractivity contribution >= 4 is 17.3 Å². The molecule has 1 aromatic carbocycles. The summed E-state index contributed by atoms with van der Waals surface area (Å²) in [4.78, 5) is 22.9. The van der Waals surface area contributed by atoms with E-state index in [2.05, 4.69) is 5.16 Å². The van der Waals surface area contributed by atoms with Crippen molar-refractivity contribution in [3.05, 3.63) is 39.4 Å². The second-order valence-corrected chi connectivity index (χ2v) is 4.47. The average Bonchev–Trinajstić information content (AvgIpc) is 2.46. The molecular weight excluding hydrogens is 288 g/mol. The SMILES string of the molecule is O=C(c1c(F)ccc([N+](=O)[O-])c1F)N1CCC(=NO)CC1. The largest absolute Gasteiger partial charge is 0.411 e.